The highest BCUT2D eigenvalue weighted by molar-refractivity contribution is 6.32. The average molecular weight is 402 g/mol. The van der Waals surface area contributed by atoms with E-state index in [9.17, 15) is 22.8 Å². The van der Waals surface area contributed by atoms with Crippen molar-refractivity contribution in [2.45, 2.75) is 25.1 Å². The van der Waals surface area contributed by atoms with Crippen molar-refractivity contribution in [1.82, 2.24) is 14.7 Å². The highest BCUT2D eigenvalue weighted by Gasteiger charge is 2.40. The van der Waals surface area contributed by atoms with Gasteiger partial charge in [0.25, 0.3) is 5.91 Å². The topological polar surface area (TPSA) is 64.4 Å². The zero-order chi connectivity index (χ0) is 19.8. The normalized spacial score (nSPS) is 17.2. The summed E-state index contributed by atoms with van der Waals surface area (Å²) in [5.41, 5.74) is -1.42. The number of hydrogen-bond acceptors (Lipinski definition) is 4. The average Bonchev–Trinajstić information content (AvgIpc) is 3.28. The molecule has 0 saturated carbocycles. The van der Waals surface area contributed by atoms with Crippen LogP contribution in [-0.2, 0) is 15.7 Å². The summed E-state index contributed by atoms with van der Waals surface area (Å²) in [6.07, 6.45) is -3.82. The van der Waals surface area contributed by atoms with Gasteiger partial charge in [-0.25, -0.2) is 9.48 Å². The van der Waals surface area contributed by atoms with E-state index in [0.717, 1.165) is 4.68 Å². The number of benzene rings is 1. The lowest BCUT2D eigenvalue weighted by Gasteiger charge is -2.23. The minimum Gasteiger partial charge on any atom is -0.467 e. The Morgan fingerprint density at radius 1 is 1.30 bits per heavy atom. The Balaban J connectivity index is 2.09. The fraction of sp³-hybridized carbons (Fsp3) is 0.353. The first-order valence-electron chi connectivity index (χ1n) is 8.05. The molecule has 0 radical (unpaired) electrons. The number of rotatable bonds is 3. The van der Waals surface area contributed by atoms with Crippen molar-refractivity contribution < 1.29 is 27.5 Å². The quantitative estimate of drug-likeness (QED) is 0.740. The van der Waals surface area contributed by atoms with Crippen LogP contribution in [0.4, 0.5) is 13.2 Å². The zero-order valence-electron chi connectivity index (χ0n) is 14.2. The first-order valence-corrected chi connectivity index (χ1v) is 8.42. The maximum absolute atomic E-state index is 13.2. The van der Waals surface area contributed by atoms with Gasteiger partial charge in [0, 0.05) is 12.6 Å². The first kappa shape index (κ1) is 19.2. The van der Waals surface area contributed by atoms with Gasteiger partial charge in [-0.3, -0.25) is 4.79 Å². The van der Waals surface area contributed by atoms with Crippen LogP contribution in [0, 0.1) is 0 Å². The second-order valence-corrected chi connectivity index (χ2v) is 6.36. The van der Waals surface area contributed by atoms with Crippen LogP contribution in [-0.4, -0.2) is 46.3 Å². The molecule has 1 aliphatic rings. The van der Waals surface area contributed by atoms with Gasteiger partial charge in [0.05, 0.1) is 17.8 Å². The number of amides is 1. The van der Waals surface area contributed by atoms with E-state index in [1.54, 1.807) is 12.1 Å². The highest BCUT2D eigenvalue weighted by atomic mass is 35.5. The summed E-state index contributed by atoms with van der Waals surface area (Å²) in [6.45, 7) is 0.230. The van der Waals surface area contributed by atoms with Gasteiger partial charge in [-0.15, -0.1) is 0 Å². The van der Waals surface area contributed by atoms with Crippen LogP contribution in [0.5, 0.6) is 0 Å². The van der Waals surface area contributed by atoms with E-state index in [1.165, 1.54) is 24.1 Å². The van der Waals surface area contributed by atoms with E-state index in [0.29, 0.717) is 18.9 Å². The van der Waals surface area contributed by atoms with Crippen LogP contribution in [0.3, 0.4) is 0 Å². The minimum atomic E-state index is -4.74. The fourth-order valence-corrected chi connectivity index (χ4v) is 3.23. The largest absolute Gasteiger partial charge is 0.467 e. The van der Waals surface area contributed by atoms with Crippen LogP contribution < -0.4 is 0 Å². The molecule has 1 amide bonds. The van der Waals surface area contributed by atoms with Crippen LogP contribution >= 0.6 is 11.6 Å². The van der Waals surface area contributed by atoms with E-state index in [4.69, 9.17) is 11.6 Å². The third-order valence-electron chi connectivity index (χ3n) is 4.29. The first-order chi connectivity index (χ1) is 12.7. The van der Waals surface area contributed by atoms with Crippen molar-refractivity contribution in [1.29, 1.82) is 0 Å². The number of methoxy groups -OCH3 is 1. The maximum Gasteiger partial charge on any atom is 0.435 e. The molecule has 0 unspecified atom stereocenters. The Labute approximate surface area is 157 Å². The number of halogens is 4. The van der Waals surface area contributed by atoms with E-state index < -0.39 is 29.8 Å². The van der Waals surface area contributed by atoms with Crippen molar-refractivity contribution >= 4 is 23.5 Å². The molecule has 1 aliphatic heterocycles. The Morgan fingerprint density at radius 3 is 2.63 bits per heavy atom. The van der Waals surface area contributed by atoms with Crippen molar-refractivity contribution in [3.05, 3.63) is 46.7 Å². The Kier molecular flexibility index (Phi) is 5.14. The predicted molar refractivity (Wildman–Crippen MR) is 89.7 cm³/mol. The summed E-state index contributed by atoms with van der Waals surface area (Å²) in [6, 6.07) is 5.93. The smallest absolute Gasteiger partial charge is 0.435 e. The molecule has 2 heterocycles. The van der Waals surface area contributed by atoms with Crippen molar-refractivity contribution in [2.24, 2.45) is 0 Å². The Bertz CT molecular complexity index is 882. The van der Waals surface area contributed by atoms with Gasteiger partial charge in [-0.1, -0.05) is 23.7 Å². The van der Waals surface area contributed by atoms with Gasteiger partial charge in [0.2, 0.25) is 0 Å². The van der Waals surface area contributed by atoms with Crippen molar-refractivity contribution in [2.75, 3.05) is 13.7 Å². The molecule has 1 saturated heterocycles. The number of carbonyl (C=O) groups is 2. The second kappa shape index (κ2) is 7.22. The molecule has 1 atom stereocenters. The summed E-state index contributed by atoms with van der Waals surface area (Å²) in [7, 11) is 1.19. The van der Waals surface area contributed by atoms with E-state index in [2.05, 4.69) is 9.84 Å². The molecule has 144 valence electrons. The molecule has 27 heavy (non-hydrogen) atoms. The molecule has 0 bridgehead atoms. The summed E-state index contributed by atoms with van der Waals surface area (Å²) >= 11 is 6.08. The molecule has 3 rings (SSSR count). The molecular weight excluding hydrogens is 387 g/mol. The third-order valence-corrected chi connectivity index (χ3v) is 4.61. The van der Waals surface area contributed by atoms with Crippen molar-refractivity contribution in [3.63, 3.8) is 0 Å². The fourth-order valence-electron chi connectivity index (χ4n) is 3.02. The number of esters is 1. The summed E-state index contributed by atoms with van der Waals surface area (Å²) in [5.74, 6) is -1.36. The number of para-hydroxylation sites is 1. The second-order valence-electron chi connectivity index (χ2n) is 5.96. The van der Waals surface area contributed by atoms with Crippen LogP contribution in [0.15, 0.2) is 30.3 Å². The molecule has 0 spiro atoms. The Morgan fingerprint density at radius 2 is 2.00 bits per heavy atom. The molecular formula is C17H15ClF3N3O3. The number of nitrogens with zero attached hydrogens (tertiary/aromatic N) is 3. The number of alkyl halides is 3. The number of aromatic nitrogens is 2. The SMILES string of the molecule is COC(=O)[C@@H]1CCCN1C(=O)c1cc(C(F)(F)F)nn1-c1ccccc1Cl. The van der Waals surface area contributed by atoms with Gasteiger partial charge in [-0.05, 0) is 25.0 Å². The molecule has 1 aromatic heterocycles. The van der Waals surface area contributed by atoms with E-state index in [-0.39, 0.29) is 22.9 Å². The number of likely N-dealkylation sites (tertiary alicyclic amines) is 1. The minimum absolute atomic E-state index is 0.131. The lowest BCUT2D eigenvalue weighted by Crippen LogP contribution is -2.41. The lowest BCUT2D eigenvalue weighted by molar-refractivity contribution is -0.145. The molecule has 2 aromatic rings. The molecule has 6 nitrogen and oxygen atoms in total. The summed E-state index contributed by atoms with van der Waals surface area (Å²) < 4.78 is 45.1. The molecule has 0 aliphatic carbocycles. The summed E-state index contributed by atoms with van der Waals surface area (Å²) in [5, 5.41) is 3.67. The molecule has 1 aromatic carbocycles. The zero-order valence-corrected chi connectivity index (χ0v) is 14.9. The van der Waals surface area contributed by atoms with Crippen LogP contribution in [0.25, 0.3) is 5.69 Å². The molecule has 0 N–H and O–H groups in total. The number of ether oxygens (including phenoxy) is 1. The standard InChI is InChI=1S/C17H15ClF3N3O3/c1-27-16(26)12-7-4-8-23(12)15(25)13-9-14(17(19,20)21)22-24(13)11-6-3-2-5-10(11)18/h2-3,5-6,9,12H,4,7-8H2,1H3/t12-/m0/s1. The van der Waals surface area contributed by atoms with Gasteiger partial charge in [0.1, 0.15) is 11.7 Å². The van der Waals surface area contributed by atoms with E-state index in [1.807, 2.05) is 0 Å². The lowest BCUT2D eigenvalue weighted by atomic mass is 10.2. The van der Waals surface area contributed by atoms with Gasteiger partial charge < -0.3 is 9.64 Å². The van der Waals surface area contributed by atoms with Crippen LogP contribution in [0.2, 0.25) is 5.02 Å². The molecule has 1 fully saturated rings. The summed E-state index contributed by atoms with van der Waals surface area (Å²) in [4.78, 5) is 26.1. The highest BCUT2D eigenvalue weighted by Crippen LogP contribution is 2.32. The predicted octanol–water partition coefficient (Wildman–Crippen LogP) is 3.32. The number of carbonyl (C=O) groups excluding carboxylic acids is 2. The number of hydrogen-bond donors (Lipinski definition) is 0. The monoisotopic (exact) mass is 401 g/mol. The third kappa shape index (κ3) is 3.64. The van der Waals surface area contributed by atoms with Gasteiger partial charge >= 0.3 is 12.1 Å². The van der Waals surface area contributed by atoms with Crippen molar-refractivity contribution in [3.8, 4) is 5.69 Å². The van der Waals surface area contributed by atoms with Gasteiger partial charge in [0.15, 0.2) is 5.69 Å². The van der Waals surface area contributed by atoms with E-state index >= 15 is 0 Å². The Hall–Kier alpha value is -2.55. The molecule has 10 heteroatoms. The van der Waals surface area contributed by atoms with Gasteiger partial charge in [-0.2, -0.15) is 18.3 Å². The van der Waals surface area contributed by atoms with Crippen LogP contribution in [0.1, 0.15) is 29.0 Å². The maximum atomic E-state index is 13.2.